The molecule has 0 fully saturated rings. The number of hydrogen-bond acceptors (Lipinski definition) is 4. The summed E-state index contributed by atoms with van der Waals surface area (Å²) in [6, 6.07) is 5.64. The van der Waals surface area contributed by atoms with E-state index in [0.29, 0.717) is 15.9 Å². The molecule has 0 spiro atoms. The second kappa shape index (κ2) is 9.18. The molecule has 2 aromatic heterocycles. The minimum atomic E-state index is 0.509. The van der Waals surface area contributed by atoms with Crippen molar-refractivity contribution in [3.63, 3.8) is 0 Å². The molecule has 0 saturated carbocycles. The molecule has 2 N–H and O–H groups in total. The lowest BCUT2D eigenvalue weighted by Gasteiger charge is -2.11. The van der Waals surface area contributed by atoms with Gasteiger partial charge in [0.2, 0.25) is 0 Å². The molecule has 2 heterocycles. The number of benzene rings is 1. The number of halogens is 2. The summed E-state index contributed by atoms with van der Waals surface area (Å²) in [5.74, 6) is 2.58. The van der Waals surface area contributed by atoms with E-state index < -0.39 is 0 Å². The number of nitrogen functional groups attached to an aromatic ring is 1. The fourth-order valence-corrected chi connectivity index (χ4v) is 4.56. The van der Waals surface area contributed by atoms with Crippen LogP contribution in [0.5, 0.6) is 0 Å². The monoisotopic (exact) mass is 422 g/mol. The van der Waals surface area contributed by atoms with E-state index >= 15 is 0 Å². The van der Waals surface area contributed by atoms with Crippen LogP contribution < -0.4 is 5.73 Å². The Hall–Kier alpha value is -1.43. The summed E-state index contributed by atoms with van der Waals surface area (Å²) in [6.07, 6.45) is 6.06. The predicted octanol–water partition coefficient (Wildman–Crippen LogP) is 6.15. The van der Waals surface area contributed by atoms with Crippen LogP contribution in [0.1, 0.15) is 37.6 Å². The Balaban J connectivity index is 1.75. The first-order valence-corrected chi connectivity index (χ1v) is 10.9. The number of unbranched alkanes of at least 4 members (excludes halogenated alkanes) is 1. The number of anilines is 1. The van der Waals surface area contributed by atoms with Gasteiger partial charge in [0.1, 0.15) is 11.3 Å². The molecule has 0 aliphatic carbocycles. The number of aryl methyl sites for hydroxylation is 3. The van der Waals surface area contributed by atoms with Gasteiger partial charge in [0.05, 0.1) is 10.5 Å². The topological polar surface area (TPSA) is 56.7 Å². The number of nitrogens with two attached hydrogens (primary N) is 1. The molecule has 0 aliphatic heterocycles. The van der Waals surface area contributed by atoms with Crippen molar-refractivity contribution in [2.75, 3.05) is 11.5 Å². The molecule has 7 heteroatoms. The molecule has 1 aromatic carbocycles. The summed E-state index contributed by atoms with van der Waals surface area (Å²) in [6.45, 7) is 5.16. The van der Waals surface area contributed by atoms with Crippen molar-refractivity contribution in [3.8, 4) is 0 Å². The largest absolute Gasteiger partial charge is 0.382 e. The van der Waals surface area contributed by atoms with Crippen molar-refractivity contribution < 1.29 is 0 Å². The van der Waals surface area contributed by atoms with Gasteiger partial charge in [-0.2, -0.15) is 0 Å². The quantitative estimate of drug-likeness (QED) is 0.349. The van der Waals surface area contributed by atoms with Crippen LogP contribution in [0, 0.1) is 6.92 Å². The number of fused-ring (bicyclic) bond motifs is 1. The minimum Gasteiger partial charge on any atom is -0.382 e. The SMILES string of the molecule is CCCCc1nc2c(N)ncc(C)c2n1CCCSc1ccc(Cl)cc1Cl. The van der Waals surface area contributed by atoms with Crippen molar-refractivity contribution in [1.29, 1.82) is 0 Å². The van der Waals surface area contributed by atoms with E-state index in [1.165, 1.54) is 0 Å². The third-order valence-electron chi connectivity index (χ3n) is 4.49. The van der Waals surface area contributed by atoms with Crippen molar-refractivity contribution >= 4 is 51.8 Å². The van der Waals surface area contributed by atoms with Gasteiger partial charge >= 0.3 is 0 Å². The van der Waals surface area contributed by atoms with Gasteiger partial charge in [-0.15, -0.1) is 11.8 Å². The lowest BCUT2D eigenvalue weighted by molar-refractivity contribution is 0.636. The minimum absolute atomic E-state index is 0.509. The third kappa shape index (κ3) is 4.71. The smallest absolute Gasteiger partial charge is 0.151 e. The number of rotatable bonds is 8. The molecule has 0 saturated heterocycles. The normalized spacial score (nSPS) is 11.4. The van der Waals surface area contributed by atoms with Gasteiger partial charge < -0.3 is 10.3 Å². The highest BCUT2D eigenvalue weighted by Crippen LogP contribution is 2.30. The Labute approximate surface area is 174 Å². The van der Waals surface area contributed by atoms with Crippen LogP contribution in [0.2, 0.25) is 10.0 Å². The maximum Gasteiger partial charge on any atom is 0.151 e. The Morgan fingerprint density at radius 2 is 2.04 bits per heavy atom. The van der Waals surface area contributed by atoms with E-state index in [1.807, 2.05) is 18.3 Å². The van der Waals surface area contributed by atoms with Crippen LogP contribution in [0.15, 0.2) is 29.3 Å². The summed E-state index contributed by atoms with van der Waals surface area (Å²) in [7, 11) is 0. The van der Waals surface area contributed by atoms with E-state index in [1.54, 1.807) is 17.8 Å². The van der Waals surface area contributed by atoms with Gasteiger partial charge in [-0.05, 0) is 49.3 Å². The van der Waals surface area contributed by atoms with E-state index in [0.717, 1.165) is 65.3 Å². The lowest BCUT2D eigenvalue weighted by atomic mass is 10.2. The van der Waals surface area contributed by atoms with Crippen LogP contribution in [0.4, 0.5) is 5.82 Å². The van der Waals surface area contributed by atoms with Gasteiger partial charge in [0.15, 0.2) is 5.82 Å². The van der Waals surface area contributed by atoms with Gasteiger partial charge in [-0.25, -0.2) is 9.97 Å². The van der Waals surface area contributed by atoms with E-state index in [-0.39, 0.29) is 0 Å². The number of hydrogen-bond donors (Lipinski definition) is 1. The van der Waals surface area contributed by atoms with Crippen LogP contribution >= 0.6 is 35.0 Å². The highest BCUT2D eigenvalue weighted by atomic mass is 35.5. The molecule has 4 nitrogen and oxygen atoms in total. The molecule has 3 aromatic rings. The number of pyridine rings is 1. The second-order valence-corrected chi connectivity index (χ2v) is 8.56. The molecular weight excluding hydrogens is 399 g/mol. The van der Waals surface area contributed by atoms with Crippen LogP contribution in [0.25, 0.3) is 11.0 Å². The predicted molar refractivity (Wildman–Crippen MR) is 117 cm³/mol. The number of thioether (sulfide) groups is 1. The van der Waals surface area contributed by atoms with E-state index in [9.17, 15) is 0 Å². The molecule has 0 atom stereocenters. The molecule has 144 valence electrons. The summed E-state index contributed by atoms with van der Waals surface area (Å²) >= 11 is 14.0. The molecular formula is C20H24Cl2N4S. The number of imidazole rings is 1. The van der Waals surface area contributed by atoms with E-state index in [4.69, 9.17) is 33.9 Å². The van der Waals surface area contributed by atoms with Crippen LogP contribution in [-0.2, 0) is 13.0 Å². The third-order valence-corrected chi connectivity index (χ3v) is 6.31. The molecule has 27 heavy (non-hydrogen) atoms. The van der Waals surface area contributed by atoms with Gasteiger partial charge in [-0.3, -0.25) is 0 Å². The van der Waals surface area contributed by atoms with Crippen molar-refractivity contribution in [3.05, 3.63) is 45.8 Å². The molecule has 0 radical (unpaired) electrons. The standard InChI is InChI=1S/C20H24Cl2N4S/c1-3-4-6-17-25-18-19(13(2)12-24-20(18)23)26(17)9-5-10-27-16-8-7-14(21)11-15(16)22/h7-8,11-12H,3-6,9-10H2,1-2H3,(H2,23,24). The average Bonchev–Trinajstić information content (AvgIpc) is 3.01. The highest BCUT2D eigenvalue weighted by Gasteiger charge is 2.15. The summed E-state index contributed by atoms with van der Waals surface area (Å²) in [5.41, 5.74) is 9.14. The maximum absolute atomic E-state index is 6.27. The van der Waals surface area contributed by atoms with Crippen molar-refractivity contribution in [2.45, 2.75) is 51.0 Å². The number of aromatic nitrogens is 3. The highest BCUT2D eigenvalue weighted by molar-refractivity contribution is 7.99. The summed E-state index contributed by atoms with van der Waals surface area (Å²) < 4.78 is 2.32. The van der Waals surface area contributed by atoms with Gasteiger partial charge in [0.25, 0.3) is 0 Å². The Kier molecular flexibility index (Phi) is 6.90. The fourth-order valence-electron chi connectivity index (χ4n) is 3.13. The zero-order valence-corrected chi connectivity index (χ0v) is 18.0. The summed E-state index contributed by atoms with van der Waals surface area (Å²) in [4.78, 5) is 10.1. The van der Waals surface area contributed by atoms with Crippen LogP contribution in [0.3, 0.4) is 0 Å². The summed E-state index contributed by atoms with van der Waals surface area (Å²) in [5, 5.41) is 1.37. The molecule has 3 rings (SSSR count). The first kappa shape index (κ1) is 20.3. The van der Waals surface area contributed by atoms with Gasteiger partial charge in [0, 0.05) is 29.1 Å². The van der Waals surface area contributed by atoms with Gasteiger partial charge in [-0.1, -0.05) is 36.5 Å². The first-order chi connectivity index (χ1) is 13.0. The number of nitrogens with zero attached hydrogens (tertiary/aromatic N) is 3. The molecule has 0 aliphatic rings. The van der Waals surface area contributed by atoms with Crippen molar-refractivity contribution in [2.24, 2.45) is 0 Å². The zero-order valence-electron chi connectivity index (χ0n) is 15.6. The van der Waals surface area contributed by atoms with Crippen molar-refractivity contribution in [1.82, 2.24) is 14.5 Å². The van der Waals surface area contributed by atoms with E-state index in [2.05, 4.69) is 23.4 Å². The average molecular weight is 423 g/mol. The second-order valence-electron chi connectivity index (χ2n) is 6.58. The maximum atomic E-state index is 6.27. The van der Waals surface area contributed by atoms with Crippen LogP contribution in [-0.4, -0.2) is 20.3 Å². The zero-order chi connectivity index (χ0) is 19.4. The Bertz CT molecular complexity index is 939. The molecule has 0 amide bonds. The fraction of sp³-hybridized carbons (Fsp3) is 0.400. The lowest BCUT2D eigenvalue weighted by Crippen LogP contribution is -2.06. The Morgan fingerprint density at radius 3 is 2.78 bits per heavy atom. The molecule has 0 bridgehead atoms. The first-order valence-electron chi connectivity index (χ1n) is 9.19. The Morgan fingerprint density at radius 1 is 1.22 bits per heavy atom. The molecule has 0 unspecified atom stereocenters.